The highest BCUT2D eigenvalue weighted by atomic mass is 16.5. The van der Waals surface area contributed by atoms with Gasteiger partial charge in [-0.3, -0.25) is 9.59 Å². The molecule has 1 saturated carbocycles. The monoisotopic (exact) mass is 482 g/mol. The minimum absolute atomic E-state index is 0.0203. The molecule has 0 aliphatic heterocycles. The van der Waals surface area contributed by atoms with Crippen molar-refractivity contribution in [3.8, 4) is 0 Å². The van der Waals surface area contributed by atoms with Gasteiger partial charge in [0.05, 0.1) is 37.6 Å². The molecule has 3 unspecified atom stereocenters. The summed E-state index contributed by atoms with van der Waals surface area (Å²) in [5, 5.41) is 9.69. The van der Waals surface area contributed by atoms with E-state index in [1.165, 1.54) is 51.4 Å². The van der Waals surface area contributed by atoms with Gasteiger partial charge in [-0.05, 0) is 56.8 Å². The molecule has 1 N–H and O–H groups in total. The summed E-state index contributed by atoms with van der Waals surface area (Å²) in [5.74, 6) is 0.574. The lowest BCUT2D eigenvalue weighted by Crippen LogP contribution is -2.29. The fourth-order valence-electron chi connectivity index (χ4n) is 5.02. The Labute approximate surface area is 209 Å². The van der Waals surface area contributed by atoms with E-state index in [2.05, 4.69) is 20.8 Å². The maximum atomic E-state index is 12.6. The van der Waals surface area contributed by atoms with Crippen LogP contribution in [0.5, 0.6) is 0 Å². The number of ether oxygens (including phenoxy) is 2. The van der Waals surface area contributed by atoms with Gasteiger partial charge in [-0.2, -0.15) is 0 Å². The zero-order valence-electron chi connectivity index (χ0n) is 22.7. The minimum Gasteiger partial charge on any atom is -0.465 e. The van der Waals surface area contributed by atoms with Gasteiger partial charge in [0, 0.05) is 0 Å². The normalized spacial score (nSPS) is 21.0. The molecule has 200 valence electrons. The van der Waals surface area contributed by atoms with Crippen molar-refractivity contribution in [1.29, 1.82) is 0 Å². The van der Waals surface area contributed by atoms with Gasteiger partial charge in [-0.1, -0.05) is 79.1 Å². The molecule has 0 saturated heterocycles. The molecule has 0 bridgehead atoms. The molecule has 5 nitrogen and oxygen atoms in total. The highest BCUT2D eigenvalue weighted by Gasteiger charge is 2.28. The predicted molar refractivity (Wildman–Crippen MR) is 138 cm³/mol. The molecule has 0 aromatic carbocycles. The van der Waals surface area contributed by atoms with Gasteiger partial charge in [0.1, 0.15) is 0 Å². The maximum Gasteiger partial charge on any atom is 0.308 e. The van der Waals surface area contributed by atoms with E-state index in [1.807, 2.05) is 6.92 Å². The molecule has 0 aromatic heterocycles. The first-order valence-electron chi connectivity index (χ1n) is 14.4. The van der Waals surface area contributed by atoms with E-state index in [0.29, 0.717) is 5.92 Å². The van der Waals surface area contributed by atoms with Crippen LogP contribution in [0.3, 0.4) is 0 Å². The van der Waals surface area contributed by atoms with Crippen molar-refractivity contribution < 1.29 is 24.2 Å². The summed E-state index contributed by atoms with van der Waals surface area (Å²) in [6.45, 7) is 8.80. The van der Waals surface area contributed by atoms with E-state index in [4.69, 9.17) is 9.47 Å². The lowest BCUT2D eigenvalue weighted by atomic mass is 9.80. The molecule has 1 fully saturated rings. The first-order valence-corrected chi connectivity index (χ1v) is 14.4. The molecule has 34 heavy (non-hydrogen) atoms. The quantitative estimate of drug-likeness (QED) is 0.157. The predicted octanol–water partition coefficient (Wildman–Crippen LogP) is 7.09. The number of hydrogen-bond donors (Lipinski definition) is 1. The molecule has 1 aliphatic carbocycles. The molecule has 1 aliphatic rings. The van der Waals surface area contributed by atoms with E-state index in [1.54, 1.807) is 0 Å². The number of aliphatic hydroxyl groups excluding tert-OH is 1. The van der Waals surface area contributed by atoms with Crippen LogP contribution >= 0.6 is 0 Å². The summed E-state index contributed by atoms with van der Waals surface area (Å²) in [5.41, 5.74) is 0. The van der Waals surface area contributed by atoms with Crippen molar-refractivity contribution >= 4 is 11.9 Å². The largest absolute Gasteiger partial charge is 0.465 e. The van der Waals surface area contributed by atoms with Crippen molar-refractivity contribution in [3.63, 3.8) is 0 Å². The van der Waals surface area contributed by atoms with Crippen molar-refractivity contribution in [3.05, 3.63) is 0 Å². The van der Waals surface area contributed by atoms with Crippen LogP contribution in [0.25, 0.3) is 0 Å². The second-order valence-corrected chi connectivity index (χ2v) is 10.8. The van der Waals surface area contributed by atoms with E-state index in [0.717, 1.165) is 50.9 Å². The summed E-state index contributed by atoms with van der Waals surface area (Å²) in [6, 6.07) is 0. The molecule has 1 rings (SSSR count). The van der Waals surface area contributed by atoms with Crippen LogP contribution in [0.1, 0.15) is 124 Å². The Hall–Kier alpha value is -1.10. The highest BCUT2D eigenvalue weighted by Crippen LogP contribution is 2.32. The average Bonchev–Trinajstić information content (AvgIpc) is 2.85. The fraction of sp³-hybridized carbons (Fsp3) is 0.931. The van der Waals surface area contributed by atoms with Crippen LogP contribution in [0, 0.1) is 29.6 Å². The zero-order valence-corrected chi connectivity index (χ0v) is 22.7. The third-order valence-corrected chi connectivity index (χ3v) is 7.71. The molecule has 5 heteroatoms. The number of carbonyl (C=O) groups excluding carboxylic acids is 2. The van der Waals surface area contributed by atoms with Crippen molar-refractivity contribution in [2.45, 2.75) is 124 Å². The number of hydrogen-bond acceptors (Lipinski definition) is 5. The van der Waals surface area contributed by atoms with E-state index in [9.17, 15) is 14.7 Å². The van der Waals surface area contributed by atoms with Gasteiger partial charge < -0.3 is 14.6 Å². The third kappa shape index (κ3) is 13.1. The van der Waals surface area contributed by atoms with E-state index in [-0.39, 0.29) is 49.5 Å². The second kappa shape index (κ2) is 19.1. The summed E-state index contributed by atoms with van der Waals surface area (Å²) in [6.07, 6.45) is 16.8. The number of rotatable bonds is 19. The van der Waals surface area contributed by atoms with Gasteiger partial charge >= 0.3 is 11.9 Å². The molecule has 0 spiro atoms. The molecule has 0 radical (unpaired) electrons. The van der Waals surface area contributed by atoms with Crippen molar-refractivity contribution in [1.82, 2.24) is 0 Å². The third-order valence-electron chi connectivity index (χ3n) is 7.71. The van der Waals surface area contributed by atoms with Crippen molar-refractivity contribution in [2.75, 3.05) is 19.8 Å². The number of carbonyl (C=O) groups is 2. The fourth-order valence-corrected chi connectivity index (χ4v) is 5.02. The Bertz CT molecular complexity index is 527. The smallest absolute Gasteiger partial charge is 0.308 e. The Morgan fingerprint density at radius 1 is 0.853 bits per heavy atom. The maximum absolute atomic E-state index is 12.6. The topological polar surface area (TPSA) is 72.8 Å². The molecule has 0 amide bonds. The van der Waals surface area contributed by atoms with Crippen LogP contribution in [0.4, 0.5) is 0 Å². The van der Waals surface area contributed by atoms with E-state index < -0.39 is 0 Å². The van der Waals surface area contributed by atoms with Gasteiger partial charge in [-0.25, -0.2) is 0 Å². The van der Waals surface area contributed by atoms with Gasteiger partial charge in [0.2, 0.25) is 0 Å². The standard InChI is InChI=1S/C29H54O5/c1-5-8-10-12-23(4)14-17-26(7-3)28(31)33-21-25(20-30)22-34-29(32)27-18-15-24(16-19-27)13-11-9-6-2/h23-27,30H,5-22H2,1-4H3. The Kier molecular flexibility index (Phi) is 17.4. The molecule has 3 atom stereocenters. The second-order valence-electron chi connectivity index (χ2n) is 10.8. The van der Waals surface area contributed by atoms with Crippen LogP contribution in [-0.2, 0) is 19.1 Å². The number of aliphatic hydroxyl groups is 1. The van der Waals surface area contributed by atoms with Gasteiger partial charge in [0.25, 0.3) is 0 Å². The molecular formula is C29H54O5. The summed E-state index contributed by atoms with van der Waals surface area (Å²) < 4.78 is 11.1. The Morgan fingerprint density at radius 3 is 2.12 bits per heavy atom. The highest BCUT2D eigenvalue weighted by molar-refractivity contribution is 5.73. The lowest BCUT2D eigenvalue weighted by Gasteiger charge is -2.27. The Morgan fingerprint density at radius 2 is 1.50 bits per heavy atom. The zero-order chi connectivity index (χ0) is 25.2. The van der Waals surface area contributed by atoms with Crippen LogP contribution in [0.2, 0.25) is 0 Å². The minimum atomic E-state index is -0.358. The van der Waals surface area contributed by atoms with Crippen LogP contribution in [0.15, 0.2) is 0 Å². The van der Waals surface area contributed by atoms with Gasteiger partial charge in [0.15, 0.2) is 0 Å². The lowest BCUT2D eigenvalue weighted by molar-refractivity contribution is -0.155. The number of esters is 2. The summed E-state index contributed by atoms with van der Waals surface area (Å²) in [4.78, 5) is 25.1. The SMILES string of the molecule is CCCCCC(C)CCC(CC)C(=O)OCC(CO)COC(=O)C1CCC(CCCCC)CC1. The summed E-state index contributed by atoms with van der Waals surface area (Å²) in [7, 11) is 0. The molecular weight excluding hydrogens is 428 g/mol. The summed E-state index contributed by atoms with van der Waals surface area (Å²) >= 11 is 0. The van der Waals surface area contributed by atoms with Crippen LogP contribution < -0.4 is 0 Å². The first kappa shape index (κ1) is 30.9. The van der Waals surface area contributed by atoms with E-state index >= 15 is 0 Å². The number of unbranched alkanes of at least 4 members (excludes halogenated alkanes) is 4. The first-order chi connectivity index (χ1) is 16.4. The van der Waals surface area contributed by atoms with Crippen molar-refractivity contribution in [2.24, 2.45) is 29.6 Å². The van der Waals surface area contributed by atoms with Crippen LogP contribution in [-0.4, -0.2) is 36.9 Å². The Balaban J connectivity index is 2.28. The van der Waals surface area contributed by atoms with Gasteiger partial charge in [-0.15, -0.1) is 0 Å². The average molecular weight is 483 g/mol. The molecule has 0 heterocycles. The molecule has 0 aromatic rings.